The van der Waals surface area contributed by atoms with Gasteiger partial charge < -0.3 is 38.8 Å². The van der Waals surface area contributed by atoms with Crippen LogP contribution in [0.2, 0.25) is 0 Å². The summed E-state index contributed by atoms with van der Waals surface area (Å²) in [6.45, 7) is 17.6. The van der Waals surface area contributed by atoms with Gasteiger partial charge in [0.15, 0.2) is 0 Å². The minimum Gasteiger partial charge on any atom is -0.460 e. The standard InChI is InChI=1S/C54H85NO12/c1-12-26-65-45-24-22-41(30-48(45)64-11)29-36(5)47-32-44(56)35(4)28-38(7)50(58)40(9)49(57)37(6)27-33(2)18-14-13-15-19-34(3)46(63-10)31-42-23-21-39(8)54(62,67-42)51(59)52(60)55-25-17-16-20-43(55)53(61)66-47/h13-15,18-19,28,33,35-37,39-43,45-48,50,58,62H,12,16-17,20-27,29-32H2,1-11H3/b15-13+,18-14+,34-19+,38-28+/t33-,35-,36+,37-,39-,40+,41-,42+,43+,45-,46+,47+,48-,50-,54-/m1/s1. The van der Waals surface area contributed by atoms with Gasteiger partial charge in [-0.3, -0.25) is 19.2 Å². The Morgan fingerprint density at radius 3 is 2.28 bits per heavy atom. The fourth-order valence-electron chi connectivity index (χ4n) is 10.6. The predicted molar refractivity (Wildman–Crippen MR) is 258 cm³/mol. The van der Waals surface area contributed by atoms with E-state index in [4.69, 9.17) is 23.7 Å². The van der Waals surface area contributed by atoms with Gasteiger partial charge in [-0.05, 0) is 113 Å². The second-order valence-electron chi connectivity index (χ2n) is 20.6. The molecule has 4 rings (SSSR count). The third-order valence-corrected chi connectivity index (χ3v) is 15.1. The van der Waals surface area contributed by atoms with Gasteiger partial charge in [0, 0.05) is 63.9 Å². The molecule has 13 heteroatoms. The first-order valence-corrected chi connectivity index (χ1v) is 25.3. The van der Waals surface area contributed by atoms with E-state index in [9.17, 15) is 34.2 Å². The number of piperidine rings is 1. The second-order valence-corrected chi connectivity index (χ2v) is 20.6. The van der Waals surface area contributed by atoms with Crippen LogP contribution in [0.25, 0.3) is 0 Å². The molecule has 13 nitrogen and oxygen atoms in total. The zero-order valence-corrected chi connectivity index (χ0v) is 42.6. The molecule has 4 aliphatic rings. The molecule has 0 spiro atoms. The first-order valence-electron chi connectivity index (χ1n) is 25.3. The normalized spacial score (nSPS) is 39.6. The largest absolute Gasteiger partial charge is 0.460 e. The van der Waals surface area contributed by atoms with Crippen LogP contribution in [0.4, 0.5) is 0 Å². The topological polar surface area (TPSA) is 175 Å². The van der Waals surface area contributed by atoms with Crippen molar-refractivity contribution < 1.29 is 57.9 Å². The molecule has 0 aromatic carbocycles. The van der Waals surface area contributed by atoms with Crippen LogP contribution in [0.15, 0.2) is 47.6 Å². The Bertz CT molecular complexity index is 1790. The van der Waals surface area contributed by atoms with Crippen LogP contribution in [0.5, 0.6) is 0 Å². The Kier molecular flexibility index (Phi) is 22.3. The van der Waals surface area contributed by atoms with Crippen molar-refractivity contribution in [1.82, 2.24) is 4.90 Å². The first kappa shape index (κ1) is 56.3. The molecule has 1 amide bonds. The van der Waals surface area contributed by atoms with Crippen LogP contribution in [0.3, 0.4) is 0 Å². The fourth-order valence-corrected chi connectivity index (χ4v) is 10.6. The number of cyclic esters (lactones) is 1. The molecular formula is C54H85NO12. The van der Waals surface area contributed by atoms with Crippen LogP contribution < -0.4 is 0 Å². The summed E-state index contributed by atoms with van der Waals surface area (Å²) in [4.78, 5) is 72.0. The third-order valence-electron chi connectivity index (χ3n) is 15.1. The van der Waals surface area contributed by atoms with Crippen molar-refractivity contribution in [3.8, 4) is 0 Å². The van der Waals surface area contributed by atoms with Gasteiger partial charge in [0.25, 0.3) is 11.7 Å². The number of ether oxygens (including phenoxy) is 5. The van der Waals surface area contributed by atoms with Crippen molar-refractivity contribution in [2.75, 3.05) is 27.4 Å². The number of aliphatic hydroxyl groups is 2. The highest BCUT2D eigenvalue weighted by atomic mass is 16.6. The molecule has 0 aromatic rings. The molecule has 0 radical (unpaired) electrons. The van der Waals surface area contributed by atoms with Crippen molar-refractivity contribution in [2.45, 2.75) is 194 Å². The van der Waals surface area contributed by atoms with E-state index in [1.54, 1.807) is 48.0 Å². The number of nitrogens with zero attached hydrogens (tertiary/aromatic N) is 1. The molecule has 378 valence electrons. The molecule has 2 saturated heterocycles. The molecule has 3 fully saturated rings. The molecule has 0 unspecified atom stereocenters. The maximum absolute atomic E-state index is 14.5. The average molecular weight is 940 g/mol. The summed E-state index contributed by atoms with van der Waals surface area (Å²) in [6.07, 6.45) is 15.5. The zero-order valence-electron chi connectivity index (χ0n) is 42.6. The highest BCUT2D eigenvalue weighted by molar-refractivity contribution is 6.39. The zero-order chi connectivity index (χ0) is 49.6. The maximum Gasteiger partial charge on any atom is 0.329 e. The third kappa shape index (κ3) is 15.3. The maximum atomic E-state index is 14.5. The van der Waals surface area contributed by atoms with Crippen LogP contribution in [0, 0.1) is 41.4 Å². The number of carbonyl (C=O) groups is 5. The molecule has 3 aliphatic heterocycles. The van der Waals surface area contributed by atoms with Gasteiger partial charge in [-0.25, -0.2) is 4.79 Å². The summed E-state index contributed by atoms with van der Waals surface area (Å²) in [7, 11) is 3.29. The number of Topliss-reactive ketones (excluding diaryl/α,β-unsaturated/α-hetero) is 3. The van der Waals surface area contributed by atoms with E-state index in [-0.39, 0.29) is 66.8 Å². The monoisotopic (exact) mass is 940 g/mol. The van der Waals surface area contributed by atoms with Gasteiger partial charge in [-0.15, -0.1) is 0 Å². The van der Waals surface area contributed by atoms with E-state index in [0.29, 0.717) is 57.1 Å². The van der Waals surface area contributed by atoms with Crippen LogP contribution in [0.1, 0.15) is 146 Å². The van der Waals surface area contributed by atoms with Crippen molar-refractivity contribution in [3.63, 3.8) is 0 Å². The lowest BCUT2D eigenvalue weighted by Gasteiger charge is -2.42. The lowest BCUT2D eigenvalue weighted by atomic mass is 9.78. The van der Waals surface area contributed by atoms with Crippen LogP contribution in [-0.2, 0) is 47.7 Å². The van der Waals surface area contributed by atoms with Gasteiger partial charge in [-0.2, -0.15) is 0 Å². The van der Waals surface area contributed by atoms with Crippen LogP contribution in [-0.4, -0.2) is 120 Å². The average Bonchev–Trinajstić information content (AvgIpc) is 3.31. The number of amides is 1. The molecular weight excluding hydrogens is 855 g/mol. The van der Waals surface area contributed by atoms with Gasteiger partial charge >= 0.3 is 5.97 Å². The smallest absolute Gasteiger partial charge is 0.329 e. The Hall–Kier alpha value is -3.33. The number of esters is 1. The Balaban J connectivity index is 1.68. The Morgan fingerprint density at radius 2 is 1.60 bits per heavy atom. The summed E-state index contributed by atoms with van der Waals surface area (Å²) >= 11 is 0. The van der Waals surface area contributed by atoms with E-state index < -0.39 is 71.7 Å². The number of hydrogen-bond acceptors (Lipinski definition) is 12. The number of carbonyl (C=O) groups excluding carboxylic acids is 5. The number of aliphatic hydroxyl groups excluding tert-OH is 1. The predicted octanol–water partition coefficient (Wildman–Crippen LogP) is 8.24. The summed E-state index contributed by atoms with van der Waals surface area (Å²) in [5.74, 6) is -7.87. The van der Waals surface area contributed by atoms with E-state index in [2.05, 4.69) is 6.92 Å². The highest BCUT2D eigenvalue weighted by Gasteiger charge is 2.53. The Labute approximate surface area is 401 Å². The Morgan fingerprint density at radius 1 is 0.866 bits per heavy atom. The number of rotatable bonds is 8. The minimum atomic E-state index is -2.41. The molecule has 1 saturated carbocycles. The number of ketones is 3. The first-order chi connectivity index (χ1) is 31.7. The quantitative estimate of drug-likeness (QED) is 0.136. The summed E-state index contributed by atoms with van der Waals surface area (Å²) in [6, 6.07) is -1.11. The summed E-state index contributed by atoms with van der Waals surface area (Å²) in [5.41, 5.74) is 1.41. The van der Waals surface area contributed by atoms with Gasteiger partial charge in [0.1, 0.15) is 23.7 Å². The molecule has 0 aromatic heterocycles. The number of methoxy groups -OCH3 is 2. The van der Waals surface area contributed by atoms with Gasteiger partial charge in [0.05, 0.1) is 30.5 Å². The fraction of sp³-hybridized carbons (Fsp3) is 0.759. The summed E-state index contributed by atoms with van der Waals surface area (Å²) < 4.78 is 30.4. The highest BCUT2D eigenvalue weighted by Crippen LogP contribution is 2.38. The van der Waals surface area contributed by atoms with Crippen molar-refractivity contribution in [3.05, 3.63) is 47.6 Å². The summed E-state index contributed by atoms with van der Waals surface area (Å²) in [5, 5.41) is 23.4. The van der Waals surface area contributed by atoms with Crippen molar-refractivity contribution >= 4 is 29.2 Å². The number of allylic oxidation sites excluding steroid dienone is 6. The van der Waals surface area contributed by atoms with Crippen molar-refractivity contribution in [1.29, 1.82) is 0 Å². The number of hydrogen-bond donors (Lipinski definition) is 2. The molecule has 3 heterocycles. The molecule has 2 N–H and O–H groups in total. The van der Waals surface area contributed by atoms with Gasteiger partial charge in [-0.1, -0.05) is 84.9 Å². The minimum absolute atomic E-state index is 0.00547. The second kappa shape index (κ2) is 26.6. The molecule has 15 atom stereocenters. The van der Waals surface area contributed by atoms with E-state index in [1.807, 2.05) is 58.1 Å². The van der Waals surface area contributed by atoms with Crippen LogP contribution >= 0.6 is 0 Å². The van der Waals surface area contributed by atoms with E-state index in [1.165, 1.54) is 4.90 Å². The lowest BCUT2D eigenvalue weighted by Crippen LogP contribution is -2.61. The molecule has 67 heavy (non-hydrogen) atoms. The number of fused-ring (bicyclic) bond motifs is 3. The lowest BCUT2D eigenvalue weighted by molar-refractivity contribution is -0.265. The van der Waals surface area contributed by atoms with E-state index >= 15 is 0 Å². The van der Waals surface area contributed by atoms with Crippen molar-refractivity contribution in [2.24, 2.45) is 41.4 Å². The van der Waals surface area contributed by atoms with Gasteiger partial charge in [0.2, 0.25) is 5.79 Å². The van der Waals surface area contributed by atoms with E-state index in [0.717, 1.165) is 31.3 Å². The molecule has 1 aliphatic carbocycles. The SMILES string of the molecule is CCCO[C@@H]1CC[C@H](C[C@H](C)[C@@H]2CC(=O)[C@H](C)/C=C(\C)[C@@H](O)[C@@H](C)C(=O)[C@H](C)C[C@H](C)/C=C/C=C/C=C(\C)[C@@H](OC)C[C@@H]3CC[C@@H](C)[C@@](O)(O3)C(=O)C(=O)N3CCCC[C@H]3C(=O)O2)C[C@H]1OC. The molecule has 2 bridgehead atoms.